The fourth-order valence-corrected chi connectivity index (χ4v) is 1.15. The number of hydrogen-bond acceptors (Lipinski definition) is 3. The highest BCUT2D eigenvalue weighted by atomic mass is 16.9. The zero-order valence-electron chi connectivity index (χ0n) is 8.49. The molecule has 78 valence electrons. The molecule has 0 amide bonds. The summed E-state index contributed by atoms with van der Waals surface area (Å²) in [6.45, 7) is 4.65. The number of hydrogen-bond donors (Lipinski definition) is 0. The van der Waals surface area contributed by atoms with E-state index in [0.29, 0.717) is 0 Å². The van der Waals surface area contributed by atoms with E-state index in [9.17, 15) is 10.1 Å². The van der Waals surface area contributed by atoms with Gasteiger partial charge in [0, 0.05) is 0 Å². The molecule has 0 unspecified atom stereocenters. The topological polar surface area (TPSA) is 52.4 Å². The predicted molar refractivity (Wildman–Crippen MR) is 50.9 cm³/mol. The van der Waals surface area contributed by atoms with E-state index in [1.807, 2.05) is 0 Å². The van der Waals surface area contributed by atoms with Crippen LogP contribution in [0.15, 0.2) is 0 Å². The van der Waals surface area contributed by atoms with Gasteiger partial charge in [-0.25, -0.2) is 0 Å². The Hall–Kier alpha value is -0.800. The normalized spacial score (nSPS) is 10.4. The van der Waals surface area contributed by atoms with Gasteiger partial charge in [-0.1, -0.05) is 39.5 Å². The SMILES string of the molecule is CC(C)CCCCCCO[N+](=O)[O-]. The Kier molecular flexibility index (Phi) is 7.35. The minimum atomic E-state index is -0.728. The summed E-state index contributed by atoms with van der Waals surface area (Å²) >= 11 is 0. The fraction of sp³-hybridized carbons (Fsp3) is 1.00. The molecule has 0 N–H and O–H groups in total. The first kappa shape index (κ1) is 12.2. The first-order chi connectivity index (χ1) is 6.13. The third-order valence-electron chi connectivity index (χ3n) is 1.87. The quantitative estimate of drug-likeness (QED) is 0.335. The molecule has 0 spiro atoms. The average Bonchev–Trinajstić information content (AvgIpc) is 2.01. The van der Waals surface area contributed by atoms with Crippen molar-refractivity contribution in [3.63, 3.8) is 0 Å². The Bertz CT molecular complexity index is 137. The third kappa shape index (κ3) is 11.2. The molecule has 0 fully saturated rings. The maximum Gasteiger partial charge on any atom is 0.294 e. The molecule has 0 saturated heterocycles. The van der Waals surface area contributed by atoms with Crippen LogP contribution >= 0.6 is 0 Å². The van der Waals surface area contributed by atoms with Gasteiger partial charge in [0.2, 0.25) is 0 Å². The molecule has 0 aliphatic heterocycles. The minimum Gasteiger partial charge on any atom is -0.314 e. The lowest BCUT2D eigenvalue weighted by atomic mass is 10.0. The summed E-state index contributed by atoms with van der Waals surface area (Å²) in [5, 5.41) is 9.03. The molecule has 4 nitrogen and oxygen atoms in total. The summed E-state index contributed by atoms with van der Waals surface area (Å²) in [6.07, 6.45) is 5.44. The Labute approximate surface area is 79.4 Å². The monoisotopic (exact) mass is 189 g/mol. The van der Waals surface area contributed by atoms with Gasteiger partial charge in [-0.3, -0.25) is 0 Å². The van der Waals surface area contributed by atoms with Crippen LogP contribution in [0.25, 0.3) is 0 Å². The Balaban J connectivity index is 2.96. The predicted octanol–water partition coefficient (Wildman–Crippen LogP) is 2.80. The van der Waals surface area contributed by atoms with Gasteiger partial charge < -0.3 is 4.84 Å². The van der Waals surface area contributed by atoms with Gasteiger partial charge in [-0.05, 0) is 12.3 Å². The van der Waals surface area contributed by atoms with Gasteiger partial charge in [-0.2, -0.15) is 0 Å². The third-order valence-corrected chi connectivity index (χ3v) is 1.87. The molecule has 0 radical (unpaired) electrons. The highest BCUT2D eigenvalue weighted by Crippen LogP contribution is 2.09. The second-order valence-electron chi connectivity index (χ2n) is 3.65. The van der Waals surface area contributed by atoms with Crippen molar-refractivity contribution in [1.29, 1.82) is 0 Å². The summed E-state index contributed by atoms with van der Waals surface area (Å²) in [5.41, 5.74) is 0. The smallest absolute Gasteiger partial charge is 0.294 e. The summed E-state index contributed by atoms with van der Waals surface area (Å²) in [4.78, 5) is 14.0. The number of rotatable bonds is 8. The van der Waals surface area contributed by atoms with Crippen LogP contribution in [0.4, 0.5) is 0 Å². The van der Waals surface area contributed by atoms with Crippen molar-refractivity contribution >= 4 is 0 Å². The molecule has 0 aromatic rings. The molecule has 0 atom stereocenters. The van der Waals surface area contributed by atoms with E-state index in [2.05, 4.69) is 18.7 Å². The standard InChI is InChI=1S/C9H19NO3/c1-9(2)7-5-3-4-6-8-13-10(11)12/h9H,3-8H2,1-2H3. The highest BCUT2D eigenvalue weighted by Gasteiger charge is 1.96. The molecule has 0 bridgehead atoms. The van der Waals surface area contributed by atoms with Crippen molar-refractivity contribution in [2.75, 3.05) is 6.61 Å². The molecule has 0 aliphatic rings. The van der Waals surface area contributed by atoms with Crippen LogP contribution in [0.1, 0.15) is 46.0 Å². The van der Waals surface area contributed by atoms with Gasteiger partial charge in [0.25, 0.3) is 5.09 Å². The van der Waals surface area contributed by atoms with Crippen LogP contribution < -0.4 is 0 Å². The van der Waals surface area contributed by atoms with Crippen LogP contribution in [0.5, 0.6) is 0 Å². The minimum absolute atomic E-state index is 0.245. The number of unbranched alkanes of at least 4 members (excludes halogenated alkanes) is 3. The summed E-state index contributed by atoms with van der Waals surface area (Å²) in [6, 6.07) is 0. The van der Waals surface area contributed by atoms with Crippen LogP contribution in [0, 0.1) is 16.0 Å². The molecule has 0 aromatic heterocycles. The largest absolute Gasteiger partial charge is 0.314 e. The van der Waals surface area contributed by atoms with E-state index in [1.54, 1.807) is 0 Å². The maximum absolute atomic E-state index is 9.76. The van der Waals surface area contributed by atoms with E-state index in [0.717, 1.165) is 25.2 Å². The molecule has 0 aliphatic carbocycles. The number of nitrogens with zero attached hydrogens (tertiary/aromatic N) is 1. The first-order valence-corrected chi connectivity index (χ1v) is 4.90. The molecule has 0 heterocycles. The zero-order valence-corrected chi connectivity index (χ0v) is 8.49. The van der Waals surface area contributed by atoms with Gasteiger partial charge in [0.15, 0.2) is 0 Å². The second-order valence-corrected chi connectivity index (χ2v) is 3.65. The molecule has 0 rings (SSSR count). The lowest BCUT2D eigenvalue weighted by Gasteiger charge is -2.03. The zero-order chi connectivity index (χ0) is 10.1. The fourth-order valence-electron chi connectivity index (χ4n) is 1.15. The van der Waals surface area contributed by atoms with E-state index in [-0.39, 0.29) is 6.61 Å². The van der Waals surface area contributed by atoms with Gasteiger partial charge in [-0.15, -0.1) is 10.1 Å². The second kappa shape index (κ2) is 7.83. The summed E-state index contributed by atoms with van der Waals surface area (Å²) < 4.78 is 0. The first-order valence-electron chi connectivity index (χ1n) is 4.90. The summed E-state index contributed by atoms with van der Waals surface area (Å²) in [5.74, 6) is 0.759. The van der Waals surface area contributed by atoms with Gasteiger partial charge in [0.05, 0.1) is 6.61 Å². The van der Waals surface area contributed by atoms with Crippen LogP contribution in [-0.4, -0.2) is 11.7 Å². The van der Waals surface area contributed by atoms with Gasteiger partial charge in [0.1, 0.15) is 0 Å². The molecule has 13 heavy (non-hydrogen) atoms. The molecular formula is C9H19NO3. The molecule has 0 aromatic carbocycles. The average molecular weight is 189 g/mol. The molecular weight excluding hydrogens is 170 g/mol. The summed E-state index contributed by atoms with van der Waals surface area (Å²) in [7, 11) is 0. The Morgan fingerprint density at radius 3 is 2.38 bits per heavy atom. The maximum atomic E-state index is 9.76. The van der Waals surface area contributed by atoms with E-state index in [4.69, 9.17) is 0 Å². The lowest BCUT2D eigenvalue weighted by Crippen LogP contribution is -2.01. The van der Waals surface area contributed by atoms with Crippen molar-refractivity contribution < 1.29 is 9.92 Å². The van der Waals surface area contributed by atoms with Crippen molar-refractivity contribution in [3.05, 3.63) is 10.1 Å². The van der Waals surface area contributed by atoms with E-state index >= 15 is 0 Å². The Morgan fingerprint density at radius 1 is 1.23 bits per heavy atom. The lowest BCUT2D eigenvalue weighted by molar-refractivity contribution is -0.757. The molecule has 4 heteroatoms. The van der Waals surface area contributed by atoms with Crippen LogP contribution in [0.3, 0.4) is 0 Å². The van der Waals surface area contributed by atoms with E-state index < -0.39 is 5.09 Å². The van der Waals surface area contributed by atoms with Crippen molar-refractivity contribution in [1.82, 2.24) is 0 Å². The van der Waals surface area contributed by atoms with Crippen LogP contribution in [-0.2, 0) is 4.84 Å². The van der Waals surface area contributed by atoms with Crippen molar-refractivity contribution in [3.8, 4) is 0 Å². The van der Waals surface area contributed by atoms with Crippen molar-refractivity contribution in [2.45, 2.75) is 46.0 Å². The highest BCUT2D eigenvalue weighted by molar-refractivity contribution is 4.47. The molecule has 0 saturated carbocycles. The van der Waals surface area contributed by atoms with Crippen molar-refractivity contribution in [2.24, 2.45) is 5.92 Å². The van der Waals surface area contributed by atoms with Gasteiger partial charge >= 0.3 is 0 Å². The Morgan fingerprint density at radius 2 is 1.85 bits per heavy atom. The van der Waals surface area contributed by atoms with Crippen LogP contribution in [0.2, 0.25) is 0 Å². The van der Waals surface area contributed by atoms with E-state index in [1.165, 1.54) is 12.8 Å².